The number of nitrogens with zero attached hydrogens (tertiary/aromatic N) is 1. The number of methoxy groups -OCH3 is 1. The summed E-state index contributed by atoms with van der Waals surface area (Å²) >= 11 is 0. The average Bonchev–Trinajstić information content (AvgIpc) is 2.71. The predicted octanol–water partition coefficient (Wildman–Crippen LogP) is 2.72. The van der Waals surface area contributed by atoms with E-state index in [1.807, 2.05) is 50.2 Å². The number of rotatable bonds is 8. The van der Waals surface area contributed by atoms with Crippen molar-refractivity contribution in [3.05, 3.63) is 59.7 Å². The molecular formula is C21H28N2O5S. The molecule has 8 heteroatoms. The summed E-state index contributed by atoms with van der Waals surface area (Å²) in [5.74, 6) is 1.17. The fourth-order valence-corrected chi connectivity index (χ4v) is 4.61. The Morgan fingerprint density at radius 2 is 1.72 bits per heavy atom. The molecule has 29 heavy (non-hydrogen) atoms. The Labute approximate surface area is 172 Å². The van der Waals surface area contributed by atoms with Crippen LogP contribution in [0.2, 0.25) is 0 Å². The first-order valence-corrected chi connectivity index (χ1v) is 11.0. The number of nitrogens with one attached hydrogen (secondary N) is 1. The number of ether oxygens (including phenoxy) is 3. The fourth-order valence-electron chi connectivity index (χ4n) is 3.27. The molecule has 2 aromatic carbocycles. The van der Waals surface area contributed by atoms with Gasteiger partial charge in [0.05, 0.1) is 19.3 Å². The molecule has 3 rings (SSSR count). The molecule has 1 aliphatic rings. The molecule has 1 N–H and O–H groups in total. The van der Waals surface area contributed by atoms with E-state index < -0.39 is 10.2 Å². The maximum Gasteiger partial charge on any atom is 0.279 e. The molecule has 0 amide bonds. The second-order valence-electron chi connectivity index (χ2n) is 7.16. The highest BCUT2D eigenvalue weighted by Crippen LogP contribution is 2.29. The van der Waals surface area contributed by atoms with E-state index in [0.29, 0.717) is 31.2 Å². The van der Waals surface area contributed by atoms with Crippen LogP contribution in [-0.4, -0.2) is 45.1 Å². The van der Waals surface area contributed by atoms with E-state index in [-0.39, 0.29) is 18.8 Å². The molecular weight excluding hydrogens is 392 g/mol. The summed E-state index contributed by atoms with van der Waals surface area (Å²) in [6.07, 6.45) is -0.257. The van der Waals surface area contributed by atoms with Gasteiger partial charge in [0.25, 0.3) is 10.2 Å². The van der Waals surface area contributed by atoms with Crippen LogP contribution < -0.4 is 14.2 Å². The number of benzene rings is 2. The summed E-state index contributed by atoms with van der Waals surface area (Å²) in [6.45, 7) is 5.02. The van der Waals surface area contributed by atoms with E-state index in [0.717, 1.165) is 11.1 Å². The topological polar surface area (TPSA) is 77.1 Å². The lowest BCUT2D eigenvalue weighted by Gasteiger charge is -2.34. The molecule has 2 aromatic rings. The van der Waals surface area contributed by atoms with E-state index in [2.05, 4.69) is 4.72 Å². The molecule has 1 saturated heterocycles. The molecule has 0 saturated carbocycles. The van der Waals surface area contributed by atoms with Gasteiger partial charge in [-0.05, 0) is 37.1 Å². The lowest BCUT2D eigenvalue weighted by molar-refractivity contribution is -0.0444. The Morgan fingerprint density at radius 3 is 2.38 bits per heavy atom. The first-order chi connectivity index (χ1) is 13.9. The molecule has 0 aliphatic carbocycles. The van der Waals surface area contributed by atoms with Crippen LogP contribution in [0.25, 0.3) is 0 Å². The predicted molar refractivity (Wildman–Crippen MR) is 111 cm³/mol. The summed E-state index contributed by atoms with van der Waals surface area (Å²) in [7, 11) is -2.03. The Bertz CT molecular complexity index is 895. The van der Waals surface area contributed by atoms with Crippen molar-refractivity contribution in [2.75, 3.05) is 20.2 Å². The molecule has 1 fully saturated rings. The van der Waals surface area contributed by atoms with Crippen molar-refractivity contribution in [2.45, 2.75) is 39.2 Å². The molecule has 0 spiro atoms. The Kier molecular flexibility index (Phi) is 7.13. The summed E-state index contributed by atoms with van der Waals surface area (Å²) < 4.78 is 46.2. The minimum Gasteiger partial charge on any atom is -0.493 e. The normalized spacial score (nSPS) is 20.4. The summed E-state index contributed by atoms with van der Waals surface area (Å²) in [5.41, 5.74) is 1.84. The summed E-state index contributed by atoms with van der Waals surface area (Å²) in [5, 5.41) is 0. The van der Waals surface area contributed by atoms with Gasteiger partial charge >= 0.3 is 0 Å². The second-order valence-corrected chi connectivity index (χ2v) is 8.92. The minimum absolute atomic E-state index is 0.128. The van der Waals surface area contributed by atoms with Crippen LogP contribution in [0, 0.1) is 0 Å². The van der Waals surface area contributed by atoms with Crippen molar-refractivity contribution in [3.8, 4) is 11.5 Å². The lowest BCUT2D eigenvalue weighted by atomic mass is 10.2. The summed E-state index contributed by atoms with van der Waals surface area (Å²) in [6, 6.07) is 15.3. The van der Waals surface area contributed by atoms with E-state index >= 15 is 0 Å². The minimum atomic E-state index is -3.59. The zero-order valence-electron chi connectivity index (χ0n) is 17.0. The molecule has 0 radical (unpaired) electrons. The molecule has 158 valence electrons. The van der Waals surface area contributed by atoms with Crippen molar-refractivity contribution < 1.29 is 22.6 Å². The van der Waals surface area contributed by atoms with Crippen molar-refractivity contribution in [1.29, 1.82) is 0 Å². The maximum absolute atomic E-state index is 12.6. The zero-order chi connectivity index (χ0) is 20.9. The number of hydrogen-bond acceptors (Lipinski definition) is 5. The molecule has 1 aliphatic heterocycles. The molecule has 1 heterocycles. The van der Waals surface area contributed by atoms with E-state index in [4.69, 9.17) is 14.2 Å². The van der Waals surface area contributed by atoms with Gasteiger partial charge in [0.15, 0.2) is 11.5 Å². The van der Waals surface area contributed by atoms with Crippen LogP contribution in [0.4, 0.5) is 0 Å². The van der Waals surface area contributed by atoms with Crippen LogP contribution in [-0.2, 0) is 28.1 Å². The van der Waals surface area contributed by atoms with Gasteiger partial charge in [0.1, 0.15) is 6.61 Å². The van der Waals surface area contributed by atoms with Crippen LogP contribution in [0.5, 0.6) is 11.5 Å². The molecule has 7 nitrogen and oxygen atoms in total. The van der Waals surface area contributed by atoms with E-state index in [9.17, 15) is 8.42 Å². The maximum atomic E-state index is 12.6. The highest BCUT2D eigenvalue weighted by molar-refractivity contribution is 7.87. The van der Waals surface area contributed by atoms with Gasteiger partial charge in [0, 0.05) is 19.6 Å². The van der Waals surface area contributed by atoms with Crippen molar-refractivity contribution in [1.82, 2.24) is 9.03 Å². The van der Waals surface area contributed by atoms with Crippen LogP contribution in [0.1, 0.15) is 25.0 Å². The smallest absolute Gasteiger partial charge is 0.279 e. The van der Waals surface area contributed by atoms with Crippen LogP contribution in [0.3, 0.4) is 0 Å². The first kappa shape index (κ1) is 21.6. The molecule has 2 atom stereocenters. The van der Waals surface area contributed by atoms with Gasteiger partial charge in [-0.3, -0.25) is 0 Å². The highest BCUT2D eigenvalue weighted by atomic mass is 32.2. The average molecular weight is 421 g/mol. The fraction of sp³-hybridized carbons (Fsp3) is 0.429. The van der Waals surface area contributed by atoms with Crippen molar-refractivity contribution in [3.63, 3.8) is 0 Å². The van der Waals surface area contributed by atoms with Gasteiger partial charge in [0.2, 0.25) is 0 Å². The monoisotopic (exact) mass is 420 g/mol. The molecule has 0 aromatic heterocycles. The van der Waals surface area contributed by atoms with Gasteiger partial charge in [-0.25, -0.2) is 0 Å². The quantitative estimate of drug-likeness (QED) is 0.711. The van der Waals surface area contributed by atoms with Crippen molar-refractivity contribution in [2.24, 2.45) is 0 Å². The Balaban J connectivity index is 1.62. The van der Waals surface area contributed by atoms with Crippen LogP contribution in [0.15, 0.2) is 48.5 Å². The second kappa shape index (κ2) is 9.58. The first-order valence-electron chi connectivity index (χ1n) is 9.61. The van der Waals surface area contributed by atoms with Gasteiger partial charge in [-0.1, -0.05) is 36.4 Å². The SMILES string of the molecule is COc1cc(CNS(=O)(=O)N2C[C@@H](C)O[C@H](C)C2)ccc1OCc1ccccc1. The van der Waals surface area contributed by atoms with Crippen LogP contribution >= 0.6 is 0 Å². The Hall–Kier alpha value is -2.13. The zero-order valence-corrected chi connectivity index (χ0v) is 17.8. The number of hydrogen-bond donors (Lipinski definition) is 1. The third kappa shape index (κ3) is 5.93. The van der Waals surface area contributed by atoms with Gasteiger partial charge in [-0.15, -0.1) is 0 Å². The lowest BCUT2D eigenvalue weighted by Crippen LogP contribution is -2.51. The highest BCUT2D eigenvalue weighted by Gasteiger charge is 2.30. The third-order valence-corrected chi connectivity index (χ3v) is 6.14. The molecule has 0 bridgehead atoms. The molecule has 0 unspecified atom stereocenters. The third-order valence-electron chi connectivity index (χ3n) is 4.65. The summed E-state index contributed by atoms with van der Waals surface area (Å²) in [4.78, 5) is 0. The van der Waals surface area contributed by atoms with Gasteiger partial charge in [-0.2, -0.15) is 17.4 Å². The van der Waals surface area contributed by atoms with Crippen molar-refractivity contribution >= 4 is 10.2 Å². The van der Waals surface area contributed by atoms with E-state index in [1.54, 1.807) is 19.2 Å². The number of morpholine rings is 1. The van der Waals surface area contributed by atoms with Gasteiger partial charge < -0.3 is 14.2 Å². The standard InChI is InChI=1S/C21H28N2O5S/c1-16-13-23(14-17(2)28-16)29(24,25)22-12-19-9-10-20(21(11-19)26-3)27-15-18-7-5-4-6-8-18/h4-11,16-17,22H,12-15H2,1-3H3/t16-,17-/m1/s1. The largest absolute Gasteiger partial charge is 0.493 e. The van der Waals surface area contributed by atoms with E-state index in [1.165, 1.54) is 4.31 Å². The Morgan fingerprint density at radius 1 is 1.03 bits per heavy atom.